The summed E-state index contributed by atoms with van der Waals surface area (Å²) in [5, 5.41) is 0. The fraction of sp³-hybridized carbons (Fsp3) is 0.350. The van der Waals surface area contributed by atoms with Gasteiger partial charge < -0.3 is 10.6 Å². The number of amides is 1. The van der Waals surface area contributed by atoms with Gasteiger partial charge in [0.1, 0.15) is 5.82 Å². The molecule has 1 saturated carbocycles. The van der Waals surface area contributed by atoms with Crippen LogP contribution in [-0.2, 0) is 17.6 Å². The van der Waals surface area contributed by atoms with Crippen molar-refractivity contribution in [2.75, 3.05) is 12.3 Å². The van der Waals surface area contributed by atoms with E-state index >= 15 is 0 Å². The van der Waals surface area contributed by atoms with E-state index in [4.69, 9.17) is 5.73 Å². The molecular weight excluding hydrogens is 339 g/mol. The Labute approximate surface area is 154 Å². The molecule has 2 aromatic rings. The Morgan fingerprint density at radius 1 is 1.12 bits per heavy atom. The van der Waals surface area contributed by atoms with E-state index in [1.54, 1.807) is 12.1 Å². The summed E-state index contributed by atoms with van der Waals surface area (Å²) in [6.07, 6.45) is 3.96. The predicted octanol–water partition coefficient (Wildman–Crippen LogP) is 4.00. The van der Waals surface area contributed by atoms with Crippen LogP contribution in [0.2, 0.25) is 0 Å². The molecule has 0 spiro atoms. The maximum atomic E-state index is 13.3. The van der Waals surface area contributed by atoms with Crippen molar-refractivity contribution in [1.29, 1.82) is 0 Å². The zero-order valence-electron chi connectivity index (χ0n) is 14.2. The molecular formula is C20H24ClFN2O. The summed E-state index contributed by atoms with van der Waals surface area (Å²) in [5.74, 6) is -0.0616. The molecule has 0 bridgehead atoms. The van der Waals surface area contributed by atoms with Crippen molar-refractivity contribution in [3.63, 3.8) is 0 Å². The molecule has 3 rings (SSSR count). The molecule has 0 unspecified atom stereocenters. The first kappa shape index (κ1) is 19.3. The van der Waals surface area contributed by atoms with Crippen molar-refractivity contribution < 1.29 is 9.18 Å². The Hall–Kier alpha value is -2.07. The molecule has 1 amide bonds. The molecule has 134 valence electrons. The van der Waals surface area contributed by atoms with Crippen molar-refractivity contribution in [3.8, 4) is 0 Å². The Bertz CT molecular complexity index is 718. The Kier molecular flexibility index (Phi) is 6.82. The normalized spacial score (nSPS) is 13.2. The quantitative estimate of drug-likeness (QED) is 0.757. The summed E-state index contributed by atoms with van der Waals surface area (Å²) in [4.78, 5) is 14.6. The molecule has 0 heterocycles. The van der Waals surface area contributed by atoms with Gasteiger partial charge >= 0.3 is 0 Å². The topological polar surface area (TPSA) is 46.3 Å². The molecule has 2 aromatic carbocycles. The van der Waals surface area contributed by atoms with Crippen LogP contribution in [0.3, 0.4) is 0 Å². The van der Waals surface area contributed by atoms with E-state index < -0.39 is 0 Å². The minimum Gasteiger partial charge on any atom is -0.399 e. The first-order chi connectivity index (χ1) is 11.6. The van der Waals surface area contributed by atoms with E-state index in [9.17, 15) is 9.18 Å². The van der Waals surface area contributed by atoms with Crippen molar-refractivity contribution in [1.82, 2.24) is 4.90 Å². The van der Waals surface area contributed by atoms with Gasteiger partial charge in [-0.05, 0) is 55.0 Å². The summed E-state index contributed by atoms with van der Waals surface area (Å²) in [5.41, 5.74) is 8.63. The maximum Gasteiger partial charge on any atom is 0.223 e. The predicted molar refractivity (Wildman–Crippen MR) is 101 cm³/mol. The first-order valence-corrected chi connectivity index (χ1v) is 8.51. The average molecular weight is 363 g/mol. The van der Waals surface area contributed by atoms with Crippen LogP contribution in [0.5, 0.6) is 0 Å². The molecule has 3 nitrogen and oxygen atoms in total. The molecule has 1 aliphatic rings. The molecule has 1 aliphatic carbocycles. The van der Waals surface area contributed by atoms with Crippen LogP contribution in [0.4, 0.5) is 10.1 Å². The zero-order valence-corrected chi connectivity index (χ0v) is 15.0. The van der Waals surface area contributed by atoms with Gasteiger partial charge in [0.05, 0.1) is 0 Å². The number of nitrogens with zero attached hydrogens (tertiary/aromatic N) is 1. The van der Waals surface area contributed by atoms with E-state index in [0.29, 0.717) is 31.8 Å². The van der Waals surface area contributed by atoms with Crippen LogP contribution in [0.25, 0.3) is 0 Å². The highest BCUT2D eigenvalue weighted by atomic mass is 35.5. The highest BCUT2D eigenvalue weighted by molar-refractivity contribution is 5.85. The fourth-order valence-electron chi connectivity index (χ4n) is 2.99. The number of aryl methyl sites for hydroxylation is 1. The van der Waals surface area contributed by atoms with Gasteiger partial charge in [-0.25, -0.2) is 4.39 Å². The second-order valence-electron chi connectivity index (χ2n) is 6.40. The monoisotopic (exact) mass is 362 g/mol. The number of carbonyl (C=O) groups is 1. The molecule has 0 saturated heterocycles. The van der Waals surface area contributed by atoms with Gasteiger partial charge in [0.15, 0.2) is 0 Å². The van der Waals surface area contributed by atoms with Gasteiger partial charge in [-0.1, -0.05) is 30.3 Å². The Morgan fingerprint density at radius 2 is 1.88 bits per heavy atom. The minimum absolute atomic E-state index is 0. The fourth-order valence-corrected chi connectivity index (χ4v) is 2.99. The third-order valence-electron chi connectivity index (χ3n) is 4.50. The van der Waals surface area contributed by atoms with Gasteiger partial charge in [-0.15, -0.1) is 12.4 Å². The minimum atomic E-state index is -0.226. The Morgan fingerprint density at radius 3 is 2.56 bits per heavy atom. The maximum absolute atomic E-state index is 13.3. The van der Waals surface area contributed by atoms with Crippen LogP contribution >= 0.6 is 12.4 Å². The standard InChI is InChI=1S/C20H23FN2O.ClH/c21-17-6-3-4-15(14-17)12-13-23(18-9-10-18)20(24)11-8-16-5-1-2-7-19(16)22;/h1-7,14,18H,8-13,22H2;1H. The van der Waals surface area contributed by atoms with E-state index in [1.807, 2.05) is 35.2 Å². The van der Waals surface area contributed by atoms with Gasteiger partial charge in [0.2, 0.25) is 5.91 Å². The number of nitrogens with two attached hydrogens (primary N) is 1. The van der Waals surface area contributed by atoms with Crippen LogP contribution in [0, 0.1) is 5.82 Å². The largest absolute Gasteiger partial charge is 0.399 e. The Balaban J connectivity index is 0.00000225. The summed E-state index contributed by atoms with van der Waals surface area (Å²) in [6.45, 7) is 0.650. The SMILES string of the molecule is Cl.Nc1ccccc1CCC(=O)N(CCc1cccc(F)c1)C1CC1. The number of hydrogen-bond donors (Lipinski definition) is 1. The lowest BCUT2D eigenvalue weighted by Gasteiger charge is -2.23. The summed E-state index contributed by atoms with van der Waals surface area (Å²) >= 11 is 0. The van der Waals surface area contributed by atoms with Crippen molar-refractivity contribution in [2.24, 2.45) is 0 Å². The average Bonchev–Trinajstić information content (AvgIpc) is 3.39. The van der Waals surface area contributed by atoms with Crippen LogP contribution in [0.15, 0.2) is 48.5 Å². The third kappa shape index (κ3) is 5.46. The highest BCUT2D eigenvalue weighted by Gasteiger charge is 2.31. The lowest BCUT2D eigenvalue weighted by Crippen LogP contribution is -2.35. The van der Waals surface area contributed by atoms with Gasteiger partial charge in [0, 0.05) is 24.7 Å². The number of hydrogen-bond acceptors (Lipinski definition) is 2. The van der Waals surface area contributed by atoms with Gasteiger partial charge in [0.25, 0.3) is 0 Å². The van der Waals surface area contributed by atoms with E-state index in [0.717, 1.165) is 29.7 Å². The number of nitrogen functional groups attached to an aromatic ring is 1. The molecule has 2 N–H and O–H groups in total. The molecule has 0 aliphatic heterocycles. The molecule has 0 radical (unpaired) electrons. The number of benzene rings is 2. The first-order valence-electron chi connectivity index (χ1n) is 8.51. The van der Waals surface area contributed by atoms with Crippen molar-refractivity contribution in [3.05, 3.63) is 65.5 Å². The zero-order chi connectivity index (χ0) is 16.9. The highest BCUT2D eigenvalue weighted by Crippen LogP contribution is 2.28. The van der Waals surface area contributed by atoms with E-state index in [2.05, 4.69) is 0 Å². The number of halogens is 2. The number of carbonyl (C=O) groups excluding carboxylic acids is 1. The van der Waals surface area contributed by atoms with E-state index in [-0.39, 0.29) is 24.1 Å². The lowest BCUT2D eigenvalue weighted by molar-refractivity contribution is -0.131. The third-order valence-corrected chi connectivity index (χ3v) is 4.50. The molecule has 0 aromatic heterocycles. The molecule has 1 fully saturated rings. The molecule has 0 atom stereocenters. The smallest absolute Gasteiger partial charge is 0.223 e. The number of anilines is 1. The number of rotatable bonds is 7. The van der Waals surface area contributed by atoms with Gasteiger partial charge in [-0.2, -0.15) is 0 Å². The van der Waals surface area contributed by atoms with Crippen LogP contribution in [0.1, 0.15) is 30.4 Å². The summed E-state index contributed by atoms with van der Waals surface area (Å²) < 4.78 is 13.3. The van der Waals surface area contributed by atoms with Crippen molar-refractivity contribution >= 4 is 24.0 Å². The van der Waals surface area contributed by atoms with Crippen molar-refractivity contribution in [2.45, 2.75) is 38.1 Å². The van der Waals surface area contributed by atoms with Crippen LogP contribution in [-0.4, -0.2) is 23.4 Å². The number of para-hydroxylation sites is 1. The van der Waals surface area contributed by atoms with E-state index in [1.165, 1.54) is 6.07 Å². The molecule has 25 heavy (non-hydrogen) atoms. The molecule has 5 heteroatoms. The van der Waals surface area contributed by atoms with Crippen LogP contribution < -0.4 is 5.73 Å². The summed E-state index contributed by atoms with van der Waals surface area (Å²) in [6, 6.07) is 14.6. The second kappa shape index (κ2) is 8.86. The summed E-state index contributed by atoms with van der Waals surface area (Å²) in [7, 11) is 0. The second-order valence-corrected chi connectivity index (χ2v) is 6.40. The van der Waals surface area contributed by atoms with Gasteiger partial charge in [-0.3, -0.25) is 4.79 Å². The lowest BCUT2D eigenvalue weighted by atomic mass is 10.1.